The lowest BCUT2D eigenvalue weighted by atomic mass is 10.1. The Balaban J connectivity index is 2.52. The van der Waals surface area contributed by atoms with Gasteiger partial charge in [0, 0.05) is 10.0 Å². The fourth-order valence-corrected chi connectivity index (χ4v) is 1.79. The third-order valence-electron chi connectivity index (χ3n) is 1.98. The molecular formula is C10H9BrN2O. The van der Waals surface area contributed by atoms with Gasteiger partial charge < -0.3 is 10.2 Å². The van der Waals surface area contributed by atoms with Crippen molar-refractivity contribution in [1.82, 2.24) is 4.98 Å². The molecule has 0 bridgehead atoms. The Morgan fingerprint density at radius 3 is 2.79 bits per heavy atom. The van der Waals surface area contributed by atoms with Crippen molar-refractivity contribution in [3.63, 3.8) is 0 Å². The fraction of sp³-hybridized carbons (Fsp3) is 0.100. The van der Waals surface area contributed by atoms with E-state index in [0.29, 0.717) is 5.76 Å². The van der Waals surface area contributed by atoms with Crippen LogP contribution in [0.4, 0.5) is 6.01 Å². The summed E-state index contributed by atoms with van der Waals surface area (Å²) in [7, 11) is 0. The molecular weight excluding hydrogens is 244 g/mol. The van der Waals surface area contributed by atoms with Crippen LogP contribution in [0.1, 0.15) is 5.56 Å². The van der Waals surface area contributed by atoms with Gasteiger partial charge >= 0.3 is 0 Å². The first-order valence-electron chi connectivity index (χ1n) is 4.14. The number of oxazole rings is 1. The predicted molar refractivity (Wildman–Crippen MR) is 58.8 cm³/mol. The van der Waals surface area contributed by atoms with Crippen LogP contribution in [0.2, 0.25) is 0 Å². The number of nitrogens with two attached hydrogens (primary N) is 1. The molecule has 72 valence electrons. The van der Waals surface area contributed by atoms with Gasteiger partial charge in [-0.1, -0.05) is 15.9 Å². The number of anilines is 1. The number of nitrogen functional groups attached to an aromatic ring is 1. The van der Waals surface area contributed by atoms with Gasteiger partial charge in [-0.2, -0.15) is 0 Å². The summed E-state index contributed by atoms with van der Waals surface area (Å²) in [6.45, 7) is 2.01. The van der Waals surface area contributed by atoms with Crippen molar-refractivity contribution in [3.05, 3.63) is 34.4 Å². The molecule has 1 aromatic heterocycles. The van der Waals surface area contributed by atoms with Gasteiger partial charge in [-0.25, -0.2) is 4.98 Å². The van der Waals surface area contributed by atoms with Crippen LogP contribution in [-0.4, -0.2) is 4.98 Å². The summed E-state index contributed by atoms with van der Waals surface area (Å²) in [5.41, 5.74) is 7.54. The molecule has 0 saturated heterocycles. The van der Waals surface area contributed by atoms with Crippen molar-refractivity contribution in [2.24, 2.45) is 0 Å². The molecule has 0 aliphatic carbocycles. The van der Waals surface area contributed by atoms with Crippen molar-refractivity contribution in [3.8, 4) is 11.3 Å². The van der Waals surface area contributed by atoms with E-state index in [-0.39, 0.29) is 6.01 Å². The van der Waals surface area contributed by atoms with Crippen LogP contribution in [0.5, 0.6) is 0 Å². The molecule has 0 aliphatic rings. The first-order chi connectivity index (χ1) is 6.66. The van der Waals surface area contributed by atoms with Crippen molar-refractivity contribution in [1.29, 1.82) is 0 Å². The molecule has 2 aromatic rings. The average molecular weight is 253 g/mol. The number of halogens is 1. The zero-order valence-corrected chi connectivity index (χ0v) is 9.21. The van der Waals surface area contributed by atoms with Gasteiger partial charge in [0.2, 0.25) is 0 Å². The van der Waals surface area contributed by atoms with Crippen molar-refractivity contribution in [2.75, 3.05) is 5.73 Å². The molecule has 1 aromatic carbocycles. The van der Waals surface area contributed by atoms with Gasteiger partial charge in [0.15, 0.2) is 5.76 Å². The third kappa shape index (κ3) is 1.65. The molecule has 0 fully saturated rings. The zero-order chi connectivity index (χ0) is 10.1. The Bertz CT molecular complexity index is 465. The molecule has 0 spiro atoms. The number of aryl methyl sites for hydroxylation is 1. The van der Waals surface area contributed by atoms with Gasteiger partial charge in [-0.05, 0) is 30.7 Å². The van der Waals surface area contributed by atoms with Crippen LogP contribution < -0.4 is 5.73 Å². The van der Waals surface area contributed by atoms with E-state index in [2.05, 4.69) is 20.9 Å². The van der Waals surface area contributed by atoms with Crippen LogP contribution in [0.15, 0.2) is 33.3 Å². The molecule has 2 rings (SSSR count). The Labute approximate surface area is 90.1 Å². The van der Waals surface area contributed by atoms with Crippen molar-refractivity contribution in [2.45, 2.75) is 6.92 Å². The largest absolute Gasteiger partial charge is 0.424 e. The highest BCUT2D eigenvalue weighted by molar-refractivity contribution is 9.10. The smallest absolute Gasteiger partial charge is 0.292 e. The van der Waals surface area contributed by atoms with Crippen LogP contribution in [0.3, 0.4) is 0 Å². The van der Waals surface area contributed by atoms with E-state index >= 15 is 0 Å². The molecule has 1 heterocycles. The first-order valence-corrected chi connectivity index (χ1v) is 4.94. The molecule has 0 amide bonds. The Morgan fingerprint density at radius 1 is 1.43 bits per heavy atom. The topological polar surface area (TPSA) is 52.0 Å². The number of aromatic nitrogens is 1. The summed E-state index contributed by atoms with van der Waals surface area (Å²) in [5, 5.41) is 0. The maximum atomic E-state index is 5.41. The number of nitrogens with zero attached hydrogens (tertiary/aromatic N) is 1. The number of benzene rings is 1. The van der Waals surface area contributed by atoms with Crippen LogP contribution in [0.25, 0.3) is 11.3 Å². The first kappa shape index (κ1) is 9.27. The van der Waals surface area contributed by atoms with Crippen molar-refractivity contribution >= 4 is 21.9 Å². The second-order valence-electron chi connectivity index (χ2n) is 3.02. The third-order valence-corrected chi connectivity index (χ3v) is 2.47. The van der Waals surface area contributed by atoms with Gasteiger partial charge in [0.05, 0.1) is 6.20 Å². The van der Waals surface area contributed by atoms with Crippen molar-refractivity contribution < 1.29 is 4.42 Å². The summed E-state index contributed by atoms with van der Waals surface area (Å²) >= 11 is 3.40. The van der Waals surface area contributed by atoms with E-state index in [1.807, 2.05) is 25.1 Å². The lowest BCUT2D eigenvalue weighted by Crippen LogP contribution is -1.81. The molecule has 3 nitrogen and oxygen atoms in total. The van der Waals surface area contributed by atoms with E-state index in [1.165, 1.54) is 0 Å². The summed E-state index contributed by atoms with van der Waals surface area (Å²) in [4.78, 5) is 3.86. The normalized spacial score (nSPS) is 10.4. The lowest BCUT2D eigenvalue weighted by Gasteiger charge is -2.01. The second-order valence-corrected chi connectivity index (χ2v) is 3.94. The highest BCUT2D eigenvalue weighted by Gasteiger charge is 2.06. The number of rotatable bonds is 1. The number of hydrogen-bond donors (Lipinski definition) is 1. The molecule has 0 aliphatic heterocycles. The van der Waals surface area contributed by atoms with Crippen LogP contribution in [-0.2, 0) is 0 Å². The molecule has 0 atom stereocenters. The highest BCUT2D eigenvalue weighted by atomic mass is 79.9. The summed E-state index contributed by atoms with van der Waals surface area (Å²) < 4.78 is 6.29. The Morgan fingerprint density at radius 2 is 2.21 bits per heavy atom. The summed E-state index contributed by atoms with van der Waals surface area (Å²) in [6.07, 6.45) is 1.63. The fourth-order valence-electron chi connectivity index (χ4n) is 1.32. The minimum Gasteiger partial charge on any atom is -0.424 e. The van der Waals surface area contributed by atoms with E-state index in [0.717, 1.165) is 15.6 Å². The van der Waals surface area contributed by atoms with E-state index in [4.69, 9.17) is 10.2 Å². The molecule has 0 radical (unpaired) electrons. The molecule has 4 heteroatoms. The van der Waals surface area contributed by atoms with E-state index in [1.54, 1.807) is 6.20 Å². The van der Waals surface area contributed by atoms with Gasteiger partial charge in [0.25, 0.3) is 6.01 Å². The predicted octanol–water partition coefficient (Wildman–Crippen LogP) is 2.99. The molecule has 14 heavy (non-hydrogen) atoms. The maximum Gasteiger partial charge on any atom is 0.292 e. The lowest BCUT2D eigenvalue weighted by molar-refractivity contribution is 0.594. The SMILES string of the molecule is Cc1cc(Br)ccc1-c1cnc(N)o1. The quantitative estimate of drug-likeness (QED) is 0.849. The second kappa shape index (κ2) is 3.46. The summed E-state index contributed by atoms with van der Waals surface area (Å²) in [6, 6.07) is 6.15. The summed E-state index contributed by atoms with van der Waals surface area (Å²) in [5.74, 6) is 0.701. The maximum absolute atomic E-state index is 5.41. The van der Waals surface area contributed by atoms with E-state index < -0.39 is 0 Å². The minimum atomic E-state index is 0.197. The Hall–Kier alpha value is -1.29. The minimum absolute atomic E-state index is 0.197. The molecule has 2 N–H and O–H groups in total. The number of hydrogen-bond acceptors (Lipinski definition) is 3. The van der Waals surface area contributed by atoms with Crippen LogP contribution in [0, 0.1) is 6.92 Å². The van der Waals surface area contributed by atoms with Gasteiger partial charge in [-0.15, -0.1) is 0 Å². The van der Waals surface area contributed by atoms with E-state index in [9.17, 15) is 0 Å². The van der Waals surface area contributed by atoms with Gasteiger partial charge in [0.1, 0.15) is 0 Å². The standard InChI is InChI=1S/C10H9BrN2O/c1-6-4-7(11)2-3-8(6)9-5-13-10(12)14-9/h2-5H,1H3,(H2,12,13). The zero-order valence-electron chi connectivity index (χ0n) is 7.62. The van der Waals surface area contributed by atoms with Crippen LogP contribution >= 0.6 is 15.9 Å². The monoisotopic (exact) mass is 252 g/mol. The average Bonchev–Trinajstić information content (AvgIpc) is 2.51. The Kier molecular flexibility index (Phi) is 2.29. The molecule has 0 unspecified atom stereocenters. The van der Waals surface area contributed by atoms with Gasteiger partial charge in [-0.3, -0.25) is 0 Å². The molecule has 0 saturated carbocycles. The highest BCUT2D eigenvalue weighted by Crippen LogP contribution is 2.26.